The molecule has 3 aromatic carbocycles. The van der Waals surface area contributed by atoms with E-state index < -0.39 is 11.7 Å². The van der Waals surface area contributed by atoms with E-state index in [1.807, 2.05) is 36.9 Å². The fourth-order valence-corrected chi connectivity index (χ4v) is 7.33. The Bertz CT molecular complexity index is 1820. The minimum absolute atomic E-state index is 0.226. The van der Waals surface area contributed by atoms with E-state index >= 15 is 0 Å². The van der Waals surface area contributed by atoms with E-state index in [1.165, 1.54) is 12.1 Å². The van der Waals surface area contributed by atoms with Gasteiger partial charge in [0.05, 0.1) is 44.5 Å². The minimum atomic E-state index is -4.22. The third kappa shape index (κ3) is 10.4. The first-order chi connectivity index (χ1) is 26.4. The second-order valence-electron chi connectivity index (χ2n) is 14.4. The van der Waals surface area contributed by atoms with Gasteiger partial charge >= 0.3 is 6.18 Å². The molecular weight excluding hydrogens is 711 g/mol. The number of aryl methyl sites for hydroxylation is 1. The van der Waals surface area contributed by atoms with E-state index in [1.54, 1.807) is 21.3 Å². The number of methoxy groups -OCH3 is 3. The van der Waals surface area contributed by atoms with Crippen molar-refractivity contribution in [3.63, 3.8) is 0 Å². The van der Waals surface area contributed by atoms with E-state index in [0.717, 1.165) is 105 Å². The largest absolute Gasteiger partial charge is 0.493 e. The van der Waals surface area contributed by atoms with Crippen molar-refractivity contribution in [3.8, 4) is 17.2 Å². The number of nitrogens with one attached hydrogen (secondary N) is 1. The summed E-state index contributed by atoms with van der Waals surface area (Å²) in [6.45, 7) is 12.4. The molecule has 13 heteroatoms. The number of piperidine rings is 1. The second kappa shape index (κ2) is 18.9. The Morgan fingerprint density at radius 3 is 2.16 bits per heavy atom. The number of halogens is 3. The van der Waals surface area contributed by atoms with Gasteiger partial charge in [-0.3, -0.25) is 4.79 Å². The number of benzene rings is 3. The number of fused-ring (bicyclic) bond motifs is 1. The lowest BCUT2D eigenvalue weighted by Gasteiger charge is -2.34. The second-order valence-corrected chi connectivity index (χ2v) is 14.4. The summed E-state index contributed by atoms with van der Waals surface area (Å²) in [6.07, 6.45) is 0.374. The van der Waals surface area contributed by atoms with Crippen LogP contribution in [0.15, 0.2) is 60.7 Å². The van der Waals surface area contributed by atoms with Crippen LogP contribution in [0.2, 0.25) is 0 Å². The number of carbonyl (C=O) groups is 1. The first-order valence-corrected chi connectivity index (χ1v) is 19.2. The molecule has 0 radical (unpaired) electrons. The summed E-state index contributed by atoms with van der Waals surface area (Å²) < 4.78 is 60.4. The lowest BCUT2D eigenvalue weighted by molar-refractivity contribution is -0.137. The van der Waals surface area contributed by atoms with Crippen molar-refractivity contribution >= 4 is 22.9 Å². The molecule has 55 heavy (non-hydrogen) atoms. The van der Waals surface area contributed by atoms with Crippen LogP contribution in [0.5, 0.6) is 17.2 Å². The van der Waals surface area contributed by atoms with Crippen LogP contribution in [0, 0.1) is 5.41 Å². The Morgan fingerprint density at radius 1 is 0.891 bits per heavy atom. The summed E-state index contributed by atoms with van der Waals surface area (Å²) >= 11 is 0. The molecule has 10 nitrogen and oxygen atoms in total. The van der Waals surface area contributed by atoms with Crippen molar-refractivity contribution in [2.24, 2.45) is 5.41 Å². The number of anilines is 1. The number of aromatic nitrogens is 2. The SMILES string of the molecule is CCOCCn1c(NC2CCN(CCC3(C)CCN(Cc4cc(OC)c(OC)c(OC)c4)C3=O)CC2)nc2ccccc21.CCc1ccc(C(F)(F)F)cc1. The summed E-state index contributed by atoms with van der Waals surface area (Å²) in [5.74, 6) is 2.92. The fourth-order valence-electron chi connectivity index (χ4n) is 7.33. The van der Waals surface area contributed by atoms with E-state index in [2.05, 4.69) is 39.9 Å². The molecule has 0 bridgehead atoms. The van der Waals surface area contributed by atoms with Crippen LogP contribution in [0.25, 0.3) is 11.0 Å². The summed E-state index contributed by atoms with van der Waals surface area (Å²) in [7, 11) is 4.81. The van der Waals surface area contributed by atoms with Crippen molar-refractivity contribution in [1.29, 1.82) is 0 Å². The number of imidazole rings is 1. The molecule has 4 aromatic rings. The van der Waals surface area contributed by atoms with Crippen molar-refractivity contribution < 1.29 is 36.9 Å². The van der Waals surface area contributed by atoms with Crippen LogP contribution in [0.3, 0.4) is 0 Å². The summed E-state index contributed by atoms with van der Waals surface area (Å²) in [6, 6.07) is 17.7. The van der Waals surface area contributed by atoms with E-state index in [-0.39, 0.29) is 11.3 Å². The van der Waals surface area contributed by atoms with Crippen LogP contribution in [-0.2, 0) is 35.2 Å². The molecule has 2 saturated heterocycles. The highest BCUT2D eigenvalue weighted by atomic mass is 19.4. The quantitative estimate of drug-likeness (QED) is 0.122. The number of hydrogen-bond donors (Lipinski definition) is 1. The van der Waals surface area contributed by atoms with Gasteiger partial charge in [0, 0.05) is 50.8 Å². The summed E-state index contributed by atoms with van der Waals surface area (Å²) in [4.78, 5) is 23.0. The number of rotatable bonds is 15. The zero-order chi connectivity index (χ0) is 39.6. The normalized spacial score (nSPS) is 18.0. The Balaban J connectivity index is 0.000000413. The van der Waals surface area contributed by atoms with Crippen molar-refractivity contribution in [2.75, 3.05) is 66.0 Å². The number of hydrogen-bond acceptors (Lipinski definition) is 8. The van der Waals surface area contributed by atoms with Gasteiger partial charge in [-0.1, -0.05) is 38.1 Å². The molecule has 2 aliphatic heterocycles. The van der Waals surface area contributed by atoms with Crippen LogP contribution < -0.4 is 19.5 Å². The lowest BCUT2D eigenvalue weighted by atomic mass is 9.84. The first kappa shape index (κ1) is 41.7. The number of alkyl halides is 3. The fraction of sp³-hybridized carbons (Fsp3) is 0.524. The molecule has 1 atom stereocenters. The van der Waals surface area contributed by atoms with Gasteiger partial charge in [-0.25, -0.2) is 4.98 Å². The van der Waals surface area contributed by atoms with Gasteiger partial charge < -0.3 is 38.6 Å². The van der Waals surface area contributed by atoms with E-state index in [0.29, 0.717) is 43.0 Å². The molecule has 2 fully saturated rings. The predicted octanol–water partition coefficient (Wildman–Crippen LogP) is 8.07. The van der Waals surface area contributed by atoms with Crippen molar-refractivity contribution in [1.82, 2.24) is 19.4 Å². The number of nitrogens with zero attached hydrogens (tertiary/aromatic N) is 4. The highest BCUT2D eigenvalue weighted by Gasteiger charge is 2.42. The highest BCUT2D eigenvalue weighted by Crippen LogP contribution is 2.40. The van der Waals surface area contributed by atoms with Crippen molar-refractivity contribution in [3.05, 3.63) is 77.4 Å². The number of likely N-dealkylation sites (tertiary alicyclic amines) is 2. The molecule has 0 aliphatic carbocycles. The molecule has 1 unspecified atom stereocenters. The molecule has 2 aliphatic rings. The van der Waals surface area contributed by atoms with E-state index in [4.69, 9.17) is 23.9 Å². The number of amides is 1. The predicted molar refractivity (Wildman–Crippen MR) is 209 cm³/mol. The van der Waals surface area contributed by atoms with Gasteiger partial charge in [0.15, 0.2) is 11.5 Å². The molecule has 6 rings (SSSR count). The average Bonchev–Trinajstić information content (AvgIpc) is 3.68. The molecule has 0 spiro atoms. The number of carbonyl (C=O) groups excluding carboxylic acids is 1. The molecule has 1 aromatic heterocycles. The molecule has 1 N–H and O–H groups in total. The molecule has 1 amide bonds. The Labute approximate surface area is 322 Å². The van der Waals surface area contributed by atoms with Gasteiger partial charge in [-0.05, 0) is 93.1 Å². The standard InChI is InChI=1S/C33H47N5O5.C9H9F3/c1-6-43-20-19-38-27-10-8-7-9-26(27)35-32(38)34-25-11-15-36(16-12-25)17-13-33(2)14-18-37(31(33)39)23-24-21-28(40-3)30(42-5)29(22-24)41-4;1-2-7-3-5-8(6-4-7)9(10,11)12/h7-10,21-22,25H,6,11-20,23H2,1-5H3,(H,34,35);3-6H,2H2,1H3. The minimum Gasteiger partial charge on any atom is -0.493 e. The summed E-state index contributed by atoms with van der Waals surface area (Å²) in [5, 5.41) is 3.73. The maximum atomic E-state index is 13.6. The zero-order valence-corrected chi connectivity index (χ0v) is 33.0. The van der Waals surface area contributed by atoms with Crippen LogP contribution in [0.4, 0.5) is 19.1 Å². The van der Waals surface area contributed by atoms with E-state index in [9.17, 15) is 18.0 Å². The van der Waals surface area contributed by atoms with Crippen LogP contribution in [0.1, 0.15) is 63.1 Å². The maximum absolute atomic E-state index is 13.6. The maximum Gasteiger partial charge on any atom is 0.416 e. The summed E-state index contributed by atoms with van der Waals surface area (Å²) in [5.41, 5.74) is 3.10. The van der Waals surface area contributed by atoms with Crippen LogP contribution in [-0.4, -0.2) is 92.0 Å². The third-order valence-electron chi connectivity index (χ3n) is 10.7. The molecule has 300 valence electrons. The van der Waals surface area contributed by atoms with Crippen LogP contribution >= 0.6 is 0 Å². The molecule has 3 heterocycles. The monoisotopic (exact) mass is 767 g/mol. The van der Waals surface area contributed by atoms with Gasteiger partial charge in [0.1, 0.15) is 0 Å². The Hall–Kier alpha value is -4.49. The molecule has 0 saturated carbocycles. The number of ether oxygens (including phenoxy) is 4. The average molecular weight is 768 g/mol. The van der Waals surface area contributed by atoms with Gasteiger partial charge in [-0.2, -0.15) is 13.2 Å². The zero-order valence-electron chi connectivity index (χ0n) is 33.0. The molecular formula is C42H56F3N5O5. The Morgan fingerprint density at radius 2 is 1.56 bits per heavy atom. The first-order valence-electron chi connectivity index (χ1n) is 19.2. The lowest BCUT2D eigenvalue weighted by Crippen LogP contribution is -2.42. The highest BCUT2D eigenvalue weighted by molar-refractivity contribution is 5.84. The Kier molecular flexibility index (Phi) is 14.3. The smallest absolute Gasteiger partial charge is 0.416 e. The number of para-hydroxylation sites is 2. The van der Waals surface area contributed by atoms with Gasteiger partial charge in [-0.15, -0.1) is 0 Å². The van der Waals surface area contributed by atoms with Crippen molar-refractivity contribution in [2.45, 2.75) is 78.2 Å². The van der Waals surface area contributed by atoms with Gasteiger partial charge in [0.2, 0.25) is 17.6 Å². The van der Waals surface area contributed by atoms with Gasteiger partial charge in [0.25, 0.3) is 0 Å². The topological polar surface area (TPSA) is 90.3 Å². The third-order valence-corrected chi connectivity index (χ3v) is 10.7.